The monoisotopic (exact) mass is 331 g/mol. The molecule has 1 rings (SSSR count). The van der Waals surface area contributed by atoms with E-state index < -0.39 is 22.0 Å². The SMILES string of the molecule is COCCOc1ccc(S(=O)(=O)NC(C(=O)O)C(C)C)cc1. The zero-order valence-electron chi connectivity index (χ0n) is 12.8. The Hall–Kier alpha value is -1.64. The number of carboxylic acid groups (broad SMARTS) is 1. The lowest BCUT2D eigenvalue weighted by Crippen LogP contribution is -2.44. The highest BCUT2D eigenvalue weighted by molar-refractivity contribution is 7.89. The van der Waals surface area contributed by atoms with Crippen molar-refractivity contribution in [3.8, 4) is 5.75 Å². The maximum Gasteiger partial charge on any atom is 0.322 e. The van der Waals surface area contributed by atoms with E-state index in [2.05, 4.69) is 4.72 Å². The molecule has 1 atom stereocenters. The number of hydrogen-bond donors (Lipinski definition) is 2. The fraction of sp³-hybridized carbons (Fsp3) is 0.500. The third-order valence-corrected chi connectivity index (χ3v) is 4.36. The molecule has 0 aliphatic carbocycles. The fourth-order valence-electron chi connectivity index (χ4n) is 1.66. The summed E-state index contributed by atoms with van der Waals surface area (Å²) in [5, 5.41) is 9.06. The van der Waals surface area contributed by atoms with Gasteiger partial charge in [-0.25, -0.2) is 8.42 Å². The molecule has 1 aromatic rings. The molecule has 7 nitrogen and oxygen atoms in total. The maximum atomic E-state index is 12.2. The second-order valence-electron chi connectivity index (χ2n) is 4.99. The Morgan fingerprint density at radius 1 is 1.23 bits per heavy atom. The molecule has 0 heterocycles. The summed E-state index contributed by atoms with van der Waals surface area (Å²) in [6.07, 6.45) is 0. The number of carbonyl (C=O) groups is 1. The van der Waals surface area contributed by atoms with Crippen LogP contribution in [-0.2, 0) is 19.6 Å². The van der Waals surface area contributed by atoms with Gasteiger partial charge in [0.2, 0.25) is 10.0 Å². The molecule has 0 saturated heterocycles. The first kappa shape index (κ1) is 18.4. The van der Waals surface area contributed by atoms with Crippen LogP contribution in [0.1, 0.15) is 13.8 Å². The summed E-state index contributed by atoms with van der Waals surface area (Å²) in [5.74, 6) is -1.07. The molecule has 22 heavy (non-hydrogen) atoms. The van der Waals surface area contributed by atoms with E-state index in [-0.39, 0.29) is 10.8 Å². The summed E-state index contributed by atoms with van der Waals surface area (Å²) in [5.41, 5.74) is 0. The van der Waals surface area contributed by atoms with Gasteiger partial charge in [-0.1, -0.05) is 13.8 Å². The van der Waals surface area contributed by atoms with Crippen LogP contribution in [0.25, 0.3) is 0 Å². The number of hydrogen-bond acceptors (Lipinski definition) is 5. The molecule has 0 spiro atoms. The van der Waals surface area contributed by atoms with Gasteiger partial charge >= 0.3 is 5.97 Å². The summed E-state index contributed by atoms with van der Waals surface area (Å²) in [6.45, 7) is 4.05. The van der Waals surface area contributed by atoms with Crippen LogP contribution >= 0.6 is 0 Å². The molecule has 1 unspecified atom stereocenters. The second-order valence-corrected chi connectivity index (χ2v) is 6.71. The van der Waals surface area contributed by atoms with Gasteiger partial charge in [-0.2, -0.15) is 4.72 Å². The van der Waals surface area contributed by atoms with Crippen molar-refractivity contribution in [2.45, 2.75) is 24.8 Å². The van der Waals surface area contributed by atoms with Gasteiger partial charge in [-0.3, -0.25) is 4.79 Å². The number of sulfonamides is 1. The van der Waals surface area contributed by atoms with Crippen LogP contribution in [-0.4, -0.2) is 45.9 Å². The first-order valence-electron chi connectivity index (χ1n) is 6.75. The van der Waals surface area contributed by atoms with Crippen LogP contribution in [0, 0.1) is 5.92 Å². The standard InChI is InChI=1S/C14H21NO6S/c1-10(2)13(14(16)17)15-22(18,19)12-6-4-11(5-7-12)21-9-8-20-3/h4-7,10,13,15H,8-9H2,1-3H3,(H,16,17). The summed E-state index contributed by atoms with van der Waals surface area (Å²) in [4.78, 5) is 11.1. The second kappa shape index (κ2) is 8.11. The molecule has 2 N–H and O–H groups in total. The predicted molar refractivity (Wildman–Crippen MR) is 80.4 cm³/mol. The molecule has 1 aromatic carbocycles. The van der Waals surface area contributed by atoms with E-state index in [9.17, 15) is 13.2 Å². The quantitative estimate of drug-likeness (QED) is 0.657. The molecule has 124 valence electrons. The highest BCUT2D eigenvalue weighted by Gasteiger charge is 2.27. The van der Waals surface area contributed by atoms with E-state index in [1.54, 1.807) is 21.0 Å². The van der Waals surface area contributed by atoms with Crippen LogP contribution in [0.3, 0.4) is 0 Å². The van der Waals surface area contributed by atoms with Crippen molar-refractivity contribution < 1.29 is 27.8 Å². The van der Waals surface area contributed by atoms with Crippen molar-refractivity contribution in [2.75, 3.05) is 20.3 Å². The average molecular weight is 331 g/mol. The first-order chi connectivity index (χ1) is 10.3. The van der Waals surface area contributed by atoms with Crippen molar-refractivity contribution in [3.63, 3.8) is 0 Å². The molecule has 8 heteroatoms. The number of rotatable bonds is 9. The first-order valence-corrected chi connectivity index (χ1v) is 8.23. The highest BCUT2D eigenvalue weighted by Crippen LogP contribution is 2.17. The Balaban J connectivity index is 2.82. The number of ether oxygens (including phenoxy) is 2. The molecule has 0 radical (unpaired) electrons. The lowest BCUT2D eigenvalue weighted by molar-refractivity contribution is -0.140. The number of methoxy groups -OCH3 is 1. The van der Waals surface area contributed by atoms with E-state index in [0.29, 0.717) is 19.0 Å². The molecule has 0 saturated carbocycles. The fourth-order valence-corrected chi connectivity index (χ4v) is 3.00. The number of nitrogens with one attached hydrogen (secondary N) is 1. The molecular formula is C14H21NO6S. The topological polar surface area (TPSA) is 102 Å². The highest BCUT2D eigenvalue weighted by atomic mass is 32.2. The lowest BCUT2D eigenvalue weighted by atomic mass is 10.1. The maximum absolute atomic E-state index is 12.2. The van der Waals surface area contributed by atoms with Crippen molar-refractivity contribution in [2.24, 2.45) is 5.92 Å². The van der Waals surface area contributed by atoms with Gasteiger partial charge in [0.1, 0.15) is 18.4 Å². The van der Waals surface area contributed by atoms with Gasteiger partial charge in [0.15, 0.2) is 0 Å². The van der Waals surface area contributed by atoms with E-state index in [4.69, 9.17) is 14.6 Å². The summed E-state index contributed by atoms with van der Waals surface area (Å²) < 4.78 is 36.7. The van der Waals surface area contributed by atoms with Crippen LogP contribution < -0.4 is 9.46 Å². The number of benzene rings is 1. The van der Waals surface area contributed by atoms with Gasteiger partial charge < -0.3 is 14.6 Å². The van der Waals surface area contributed by atoms with E-state index in [0.717, 1.165) is 0 Å². The third kappa shape index (κ3) is 5.28. The Bertz CT molecular complexity index is 582. The van der Waals surface area contributed by atoms with Gasteiger partial charge in [-0.15, -0.1) is 0 Å². The van der Waals surface area contributed by atoms with Crippen LogP contribution in [0.5, 0.6) is 5.75 Å². The van der Waals surface area contributed by atoms with Gasteiger partial charge in [0, 0.05) is 7.11 Å². The number of carboxylic acids is 1. The van der Waals surface area contributed by atoms with Crippen molar-refractivity contribution in [1.82, 2.24) is 4.72 Å². The van der Waals surface area contributed by atoms with Crippen LogP contribution in [0.2, 0.25) is 0 Å². The largest absolute Gasteiger partial charge is 0.491 e. The molecule has 0 amide bonds. The zero-order valence-corrected chi connectivity index (χ0v) is 13.6. The predicted octanol–water partition coefficient (Wildman–Crippen LogP) is 1.10. The Kier molecular flexibility index (Phi) is 6.79. The number of aliphatic carboxylic acids is 1. The van der Waals surface area contributed by atoms with Crippen LogP contribution in [0.15, 0.2) is 29.2 Å². The minimum Gasteiger partial charge on any atom is -0.491 e. The smallest absolute Gasteiger partial charge is 0.322 e. The van der Waals surface area contributed by atoms with Crippen molar-refractivity contribution >= 4 is 16.0 Å². The molecular weight excluding hydrogens is 310 g/mol. The summed E-state index contributed by atoms with van der Waals surface area (Å²) >= 11 is 0. The van der Waals surface area contributed by atoms with Gasteiger partial charge in [0.05, 0.1) is 11.5 Å². The molecule has 0 aromatic heterocycles. The van der Waals surface area contributed by atoms with Crippen molar-refractivity contribution in [3.05, 3.63) is 24.3 Å². The third-order valence-electron chi connectivity index (χ3n) is 2.91. The average Bonchev–Trinajstić information content (AvgIpc) is 2.45. The van der Waals surface area contributed by atoms with Gasteiger partial charge in [0.25, 0.3) is 0 Å². The van der Waals surface area contributed by atoms with Gasteiger partial charge in [-0.05, 0) is 30.2 Å². The van der Waals surface area contributed by atoms with E-state index in [1.165, 1.54) is 24.3 Å². The molecule has 0 aliphatic rings. The minimum absolute atomic E-state index is 0.0153. The zero-order chi connectivity index (χ0) is 16.8. The van der Waals surface area contributed by atoms with E-state index >= 15 is 0 Å². The Morgan fingerprint density at radius 3 is 2.27 bits per heavy atom. The van der Waals surface area contributed by atoms with Crippen molar-refractivity contribution in [1.29, 1.82) is 0 Å². The molecule has 0 aliphatic heterocycles. The Morgan fingerprint density at radius 2 is 1.82 bits per heavy atom. The van der Waals surface area contributed by atoms with Crippen LogP contribution in [0.4, 0.5) is 0 Å². The summed E-state index contributed by atoms with van der Waals surface area (Å²) in [7, 11) is -2.35. The summed E-state index contributed by atoms with van der Waals surface area (Å²) in [6, 6.07) is 4.57. The lowest BCUT2D eigenvalue weighted by Gasteiger charge is -2.18. The molecule has 0 bridgehead atoms. The Labute approximate surface area is 130 Å². The molecule has 0 fully saturated rings. The normalized spacial score (nSPS) is 13.1. The minimum atomic E-state index is -3.90. The van der Waals surface area contributed by atoms with E-state index in [1.807, 2.05) is 0 Å².